The van der Waals surface area contributed by atoms with Gasteiger partial charge in [0.05, 0.1) is 17.6 Å². The molecule has 2 aliphatic rings. The van der Waals surface area contributed by atoms with Crippen LogP contribution in [0.1, 0.15) is 5.82 Å². The van der Waals surface area contributed by atoms with Crippen LogP contribution in [0.25, 0.3) is 22.0 Å². The summed E-state index contributed by atoms with van der Waals surface area (Å²) in [7, 11) is 0. The van der Waals surface area contributed by atoms with Crippen LogP contribution in [-0.4, -0.2) is 33.3 Å². The van der Waals surface area contributed by atoms with Crippen molar-refractivity contribution in [3.8, 4) is 34.3 Å². The fraction of sp³-hybridized carbons (Fsp3) is 0.190. The van der Waals surface area contributed by atoms with Crippen molar-refractivity contribution >= 4 is 10.8 Å². The largest absolute Gasteiger partial charge is 0.454 e. The van der Waals surface area contributed by atoms with E-state index in [9.17, 15) is 4.79 Å². The van der Waals surface area contributed by atoms with Gasteiger partial charge in [-0.1, -0.05) is 0 Å². The number of aromatic amines is 1. The molecule has 0 atom stereocenters. The first kappa shape index (κ1) is 16.9. The van der Waals surface area contributed by atoms with Crippen LogP contribution >= 0.6 is 0 Å². The van der Waals surface area contributed by atoms with Gasteiger partial charge < -0.3 is 23.9 Å². The fourth-order valence-corrected chi connectivity index (χ4v) is 3.73. The lowest BCUT2D eigenvalue weighted by Crippen LogP contribution is -2.25. The molecule has 2 aromatic heterocycles. The lowest BCUT2D eigenvalue weighted by atomic mass is 10.0. The Kier molecular flexibility index (Phi) is 3.67. The molecule has 2 aromatic carbocycles. The second-order valence-electron chi connectivity index (χ2n) is 6.98. The van der Waals surface area contributed by atoms with Crippen LogP contribution in [0, 0.1) is 0 Å². The zero-order chi connectivity index (χ0) is 20.1. The van der Waals surface area contributed by atoms with Crippen LogP contribution in [0.15, 0.2) is 47.5 Å². The molecule has 2 aliphatic heterocycles. The molecule has 9 heteroatoms. The Balaban J connectivity index is 1.54. The number of ether oxygens (including phenoxy) is 4. The highest BCUT2D eigenvalue weighted by Gasteiger charge is 2.22. The number of rotatable bonds is 4. The normalized spacial score (nSPS) is 13.9. The summed E-state index contributed by atoms with van der Waals surface area (Å²) >= 11 is 0. The van der Waals surface area contributed by atoms with Gasteiger partial charge >= 0.3 is 0 Å². The van der Waals surface area contributed by atoms with E-state index in [0.29, 0.717) is 52.4 Å². The fourth-order valence-electron chi connectivity index (χ4n) is 3.73. The summed E-state index contributed by atoms with van der Waals surface area (Å²) in [5.41, 5.74) is 1.27. The molecule has 0 amide bonds. The van der Waals surface area contributed by atoms with E-state index in [0.717, 1.165) is 11.4 Å². The second-order valence-corrected chi connectivity index (χ2v) is 6.98. The number of benzene rings is 2. The van der Waals surface area contributed by atoms with Gasteiger partial charge in [0, 0.05) is 29.8 Å². The van der Waals surface area contributed by atoms with Gasteiger partial charge in [-0.25, -0.2) is 9.67 Å². The van der Waals surface area contributed by atoms with Crippen molar-refractivity contribution in [2.75, 3.05) is 13.6 Å². The molecular formula is C21H16N4O5. The number of hydrogen-bond acceptors (Lipinski definition) is 7. The predicted octanol–water partition coefficient (Wildman–Crippen LogP) is 2.49. The molecule has 0 unspecified atom stereocenters. The molecule has 1 N–H and O–H groups in total. The van der Waals surface area contributed by atoms with Gasteiger partial charge in [-0.15, -0.1) is 0 Å². The Morgan fingerprint density at radius 3 is 2.43 bits per heavy atom. The van der Waals surface area contributed by atoms with Gasteiger partial charge in [-0.2, -0.15) is 5.10 Å². The SMILES string of the molecule is O=c1c2cc3c(cc2c(-c2ccc4c(c2)OCO4)nn1CCc1ncc[nH]1)OCO3. The molecule has 30 heavy (non-hydrogen) atoms. The maximum absolute atomic E-state index is 13.2. The van der Waals surface area contributed by atoms with E-state index >= 15 is 0 Å². The second kappa shape index (κ2) is 6.51. The Morgan fingerprint density at radius 1 is 0.933 bits per heavy atom. The number of aromatic nitrogens is 4. The number of H-pyrrole nitrogens is 1. The predicted molar refractivity (Wildman–Crippen MR) is 106 cm³/mol. The molecule has 0 radical (unpaired) electrons. The summed E-state index contributed by atoms with van der Waals surface area (Å²) in [6.45, 7) is 0.702. The Hall–Kier alpha value is -4.01. The molecule has 0 fully saturated rings. The van der Waals surface area contributed by atoms with Crippen LogP contribution in [0.5, 0.6) is 23.0 Å². The van der Waals surface area contributed by atoms with Crippen molar-refractivity contribution in [2.24, 2.45) is 0 Å². The number of nitrogens with zero attached hydrogens (tertiary/aromatic N) is 3. The summed E-state index contributed by atoms with van der Waals surface area (Å²) in [5.74, 6) is 3.28. The van der Waals surface area contributed by atoms with Crippen molar-refractivity contribution in [2.45, 2.75) is 13.0 Å². The van der Waals surface area contributed by atoms with Crippen LogP contribution in [0.2, 0.25) is 0 Å². The van der Waals surface area contributed by atoms with E-state index in [-0.39, 0.29) is 19.1 Å². The first-order valence-electron chi connectivity index (χ1n) is 9.49. The lowest BCUT2D eigenvalue weighted by molar-refractivity contribution is 0.173. The minimum Gasteiger partial charge on any atom is -0.454 e. The minimum absolute atomic E-state index is 0.130. The molecule has 0 saturated carbocycles. The average Bonchev–Trinajstić information content (AvgIpc) is 3.52. The number of fused-ring (bicyclic) bond motifs is 3. The zero-order valence-electron chi connectivity index (χ0n) is 15.8. The van der Waals surface area contributed by atoms with Crippen molar-refractivity contribution in [3.05, 3.63) is 58.9 Å². The van der Waals surface area contributed by atoms with Crippen LogP contribution in [0.3, 0.4) is 0 Å². The quantitative estimate of drug-likeness (QED) is 0.558. The van der Waals surface area contributed by atoms with Gasteiger partial charge in [0.25, 0.3) is 5.56 Å². The number of hydrogen-bond donors (Lipinski definition) is 1. The molecule has 4 aromatic rings. The van der Waals surface area contributed by atoms with Gasteiger partial charge in [-0.3, -0.25) is 4.79 Å². The molecule has 4 heterocycles. The number of nitrogens with one attached hydrogen (secondary N) is 1. The maximum atomic E-state index is 13.2. The van der Waals surface area contributed by atoms with E-state index in [4.69, 9.17) is 24.0 Å². The molecule has 0 aliphatic carbocycles. The third kappa shape index (κ3) is 2.66. The van der Waals surface area contributed by atoms with Crippen molar-refractivity contribution in [3.63, 3.8) is 0 Å². The minimum atomic E-state index is -0.195. The summed E-state index contributed by atoms with van der Waals surface area (Å²) in [6, 6.07) is 9.15. The third-order valence-electron chi connectivity index (χ3n) is 5.21. The van der Waals surface area contributed by atoms with Crippen LogP contribution in [-0.2, 0) is 13.0 Å². The van der Waals surface area contributed by atoms with Gasteiger partial charge in [0.15, 0.2) is 23.0 Å². The summed E-state index contributed by atoms with van der Waals surface area (Å²) in [6.07, 6.45) is 3.99. The standard InChI is InChI=1S/C21H16N4O5/c26-21-14-9-18-17(29-11-30-18)8-13(14)20(12-1-2-15-16(7-12)28-10-27-15)24-25(21)6-3-19-22-4-5-23-19/h1-2,4-5,7-9H,3,6,10-11H2,(H,22,23). The highest BCUT2D eigenvalue weighted by atomic mass is 16.7. The van der Waals surface area contributed by atoms with Gasteiger partial charge in [0.1, 0.15) is 5.82 Å². The third-order valence-corrected chi connectivity index (χ3v) is 5.21. The summed E-state index contributed by atoms with van der Waals surface area (Å²) in [5, 5.41) is 5.90. The van der Waals surface area contributed by atoms with Gasteiger partial charge in [0.2, 0.25) is 13.6 Å². The number of imidazole rings is 1. The summed E-state index contributed by atoms with van der Waals surface area (Å²) < 4.78 is 23.4. The Bertz CT molecular complexity index is 1330. The van der Waals surface area contributed by atoms with E-state index in [1.165, 1.54) is 4.68 Å². The van der Waals surface area contributed by atoms with E-state index in [2.05, 4.69) is 9.97 Å². The first-order chi connectivity index (χ1) is 14.8. The van der Waals surface area contributed by atoms with Crippen molar-refractivity contribution in [1.82, 2.24) is 19.7 Å². The highest BCUT2D eigenvalue weighted by molar-refractivity contribution is 5.96. The molecule has 0 bridgehead atoms. The maximum Gasteiger partial charge on any atom is 0.274 e. The molecule has 0 spiro atoms. The zero-order valence-corrected chi connectivity index (χ0v) is 15.8. The highest BCUT2D eigenvalue weighted by Crippen LogP contribution is 2.40. The van der Waals surface area contributed by atoms with E-state index in [1.54, 1.807) is 18.5 Å². The van der Waals surface area contributed by atoms with Crippen LogP contribution in [0.4, 0.5) is 0 Å². The first-order valence-corrected chi connectivity index (χ1v) is 9.49. The monoisotopic (exact) mass is 404 g/mol. The van der Waals surface area contributed by atoms with Crippen molar-refractivity contribution < 1.29 is 18.9 Å². The van der Waals surface area contributed by atoms with Gasteiger partial charge in [-0.05, 0) is 30.3 Å². The number of aryl methyl sites for hydroxylation is 2. The van der Waals surface area contributed by atoms with Crippen molar-refractivity contribution in [1.29, 1.82) is 0 Å². The molecule has 9 nitrogen and oxygen atoms in total. The molecule has 0 saturated heterocycles. The lowest BCUT2D eigenvalue weighted by Gasteiger charge is -2.12. The van der Waals surface area contributed by atoms with Crippen LogP contribution < -0.4 is 24.5 Å². The van der Waals surface area contributed by atoms with E-state index in [1.807, 2.05) is 24.3 Å². The smallest absolute Gasteiger partial charge is 0.274 e. The molecular weight excluding hydrogens is 388 g/mol. The summed E-state index contributed by atoms with van der Waals surface area (Å²) in [4.78, 5) is 20.5. The Morgan fingerprint density at radius 2 is 1.67 bits per heavy atom. The topological polar surface area (TPSA) is 100 Å². The molecule has 6 rings (SSSR count). The average molecular weight is 404 g/mol. The molecule has 150 valence electrons. The Labute approximate surface area is 169 Å². The van der Waals surface area contributed by atoms with E-state index < -0.39 is 0 Å².